The summed E-state index contributed by atoms with van der Waals surface area (Å²) in [6.07, 6.45) is -4.13. The third-order valence-electron chi connectivity index (χ3n) is 4.23. The predicted octanol–water partition coefficient (Wildman–Crippen LogP) is 2.17. The van der Waals surface area contributed by atoms with E-state index in [-0.39, 0.29) is 23.7 Å². The van der Waals surface area contributed by atoms with Crippen molar-refractivity contribution >= 4 is 35.9 Å². The smallest absolute Gasteiger partial charge is 0.475 e. The minimum absolute atomic E-state index is 0.0406. The van der Waals surface area contributed by atoms with Gasteiger partial charge >= 0.3 is 12.1 Å². The van der Waals surface area contributed by atoms with Gasteiger partial charge in [0.05, 0.1) is 28.8 Å². The van der Waals surface area contributed by atoms with Crippen molar-refractivity contribution in [1.82, 2.24) is 4.13 Å². The van der Waals surface area contributed by atoms with Crippen molar-refractivity contribution in [2.45, 2.75) is 36.4 Å². The number of sulfonamides is 2. The second-order valence-corrected chi connectivity index (χ2v) is 13.1. The van der Waals surface area contributed by atoms with Crippen LogP contribution in [0.15, 0.2) is 52.3 Å². The van der Waals surface area contributed by atoms with Gasteiger partial charge in [-0.2, -0.15) is 13.2 Å². The number of carbonyl (C=O) groups is 1. The molecule has 202 valence electrons. The Balaban J connectivity index is 0.000000809. The summed E-state index contributed by atoms with van der Waals surface area (Å²) in [7, 11) is -12.4. The van der Waals surface area contributed by atoms with Gasteiger partial charge in [-0.15, -0.1) is 4.13 Å². The average molecular weight is 576 g/mol. The Morgan fingerprint density at radius 3 is 1.94 bits per heavy atom. The molecule has 0 bridgehead atoms. The molecule has 0 aliphatic rings. The Bertz CT molecular complexity index is 1390. The predicted molar refractivity (Wildman–Crippen MR) is 123 cm³/mol. The Morgan fingerprint density at radius 2 is 1.47 bits per heavy atom. The summed E-state index contributed by atoms with van der Waals surface area (Å²) < 4.78 is 112. The van der Waals surface area contributed by atoms with Crippen LogP contribution in [0.25, 0.3) is 0 Å². The van der Waals surface area contributed by atoms with Gasteiger partial charge in [0.15, 0.2) is 9.84 Å². The Hall–Kier alpha value is -2.53. The molecule has 0 radical (unpaired) electrons. The van der Waals surface area contributed by atoms with Crippen molar-refractivity contribution in [2.24, 2.45) is 0 Å². The first-order chi connectivity index (χ1) is 16.3. The van der Waals surface area contributed by atoms with E-state index in [0.717, 1.165) is 11.8 Å². The van der Waals surface area contributed by atoms with Gasteiger partial charge in [-0.3, -0.25) is 0 Å². The molecule has 0 heterocycles. The fraction of sp³-hybridized carbons (Fsp3) is 0.350. The molecule has 0 fully saturated rings. The SMILES string of the molecule is Cc1cc(S(C)(=O)=O)c(C)c(S(=O)(=O)NS(=O)(=O)CCOCc2ccccc2)c1.O=C(O)C(F)(F)F. The number of ether oxygens (including phenoxy) is 1. The summed E-state index contributed by atoms with van der Waals surface area (Å²) in [6.45, 7) is 2.83. The van der Waals surface area contributed by atoms with Gasteiger partial charge in [0, 0.05) is 6.26 Å². The number of hydrogen-bond acceptors (Lipinski definition) is 8. The van der Waals surface area contributed by atoms with Crippen LogP contribution in [-0.4, -0.2) is 61.1 Å². The third kappa shape index (κ3) is 10.2. The van der Waals surface area contributed by atoms with Crippen LogP contribution < -0.4 is 4.13 Å². The number of rotatable bonds is 9. The van der Waals surface area contributed by atoms with Crippen LogP contribution in [0.1, 0.15) is 16.7 Å². The van der Waals surface area contributed by atoms with Crippen molar-refractivity contribution in [1.29, 1.82) is 0 Å². The largest absolute Gasteiger partial charge is 0.490 e. The highest BCUT2D eigenvalue weighted by molar-refractivity contribution is 8.04. The molecule has 0 saturated heterocycles. The van der Waals surface area contributed by atoms with Gasteiger partial charge in [-0.05, 0) is 42.7 Å². The molecule has 0 saturated carbocycles. The van der Waals surface area contributed by atoms with E-state index in [4.69, 9.17) is 14.6 Å². The molecule has 16 heteroatoms. The Labute approximate surface area is 207 Å². The van der Waals surface area contributed by atoms with E-state index in [9.17, 15) is 38.4 Å². The minimum Gasteiger partial charge on any atom is -0.475 e. The number of hydrogen-bond donors (Lipinski definition) is 2. The highest BCUT2D eigenvalue weighted by atomic mass is 32.3. The lowest BCUT2D eigenvalue weighted by molar-refractivity contribution is -0.192. The molecule has 0 aromatic heterocycles. The van der Waals surface area contributed by atoms with Crippen molar-refractivity contribution in [2.75, 3.05) is 18.6 Å². The highest BCUT2D eigenvalue weighted by Gasteiger charge is 2.38. The first-order valence-electron chi connectivity index (χ1n) is 9.75. The second kappa shape index (κ2) is 12.1. The topological polar surface area (TPSA) is 161 Å². The summed E-state index contributed by atoms with van der Waals surface area (Å²) in [5.74, 6) is -3.32. The zero-order valence-electron chi connectivity index (χ0n) is 19.2. The van der Waals surface area contributed by atoms with Crippen LogP contribution in [0, 0.1) is 13.8 Å². The van der Waals surface area contributed by atoms with Crippen molar-refractivity contribution < 1.29 is 53.1 Å². The number of halogens is 3. The number of nitrogens with one attached hydrogen (secondary N) is 1. The molecule has 0 amide bonds. The zero-order chi connectivity index (χ0) is 27.9. The normalized spacial score (nSPS) is 12.5. The molecule has 0 spiro atoms. The maximum atomic E-state index is 12.6. The third-order valence-corrected chi connectivity index (χ3v) is 9.06. The first kappa shape index (κ1) is 31.5. The van der Waals surface area contributed by atoms with E-state index in [2.05, 4.69) is 0 Å². The molecular weight excluding hydrogens is 551 g/mol. The van der Waals surface area contributed by atoms with Crippen molar-refractivity contribution in [3.8, 4) is 0 Å². The van der Waals surface area contributed by atoms with Gasteiger partial charge in [0.2, 0.25) is 10.0 Å². The van der Waals surface area contributed by atoms with E-state index in [0.29, 0.717) is 5.56 Å². The van der Waals surface area contributed by atoms with Crippen LogP contribution in [0.4, 0.5) is 13.2 Å². The molecule has 2 rings (SSSR count). The standard InChI is InChI=1S/C18H23NO7S3.C2HF3O2/c1-14-11-17(27(3,20)21)15(2)18(12-14)29(24,25)19-28(22,23)10-9-26-13-16-7-5-4-6-8-16;3-2(4,5)1(6)7/h4-8,11-12,19H,9-10,13H2,1-3H3;(H,6,7). The maximum Gasteiger partial charge on any atom is 0.490 e. The molecule has 0 aliphatic heterocycles. The first-order valence-corrected chi connectivity index (χ1v) is 14.8. The fourth-order valence-corrected chi connectivity index (χ4v) is 7.00. The number of aryl methyl sites for hydroxylation is 1. The number of sulfone groups is 1. The van der Waals surface area contributed by atoms with E-state index in [1.54, 1.807) is 4.13 Å². The van der Waals surface area contributed by atoms with Crippen LogP contribution in [-0.2, 0) is 46.0 Å². The molecule has 2 N–H and O–H groups in total. The van der Waals surface area contributed by atoms with Gasteiger partial charge in [0.1, 0.15) is 0 Å². The number of aliphatic carboxylic acids is 1. The van der Waals surface area contributed by atoms with E-state index in [1.165, 1.54) is 26.0 Å². The number of carboxylic acids is 1. The maximum absolute atomic E-state index is 12.6. The average Bonchev–Trinajstić information content (AvgIpc) is 2.71. The van der Waals surface area contributed by atoms with Crippen molar-refractivity contribution in [3.63, 3.8) is 0 Å². The Morgan fingerprint density at radius 1 is 0.972 bits per heavy atom. The monoisotopic (exact) mass is 575 g/mol. The highest BCUT2D eigenvalue weighted by Crippen LogP contribution is 2.25. The summed E-state index contributed by atoms with van der Waals surface area (Å²) in [5, 5.41) is 7.12. The molecule has 0 aliphatic carbocycles. The van der Waals surface area contributed by atoms with Crippen LogP contribution in [0.3, 0.4) is 0 Å². The molecule has 0 unspecified atom stereocenters. The Kier molecular flexibility index (Phi) is 10.6. The summed E-state index contributed by atoms with van der Waals surface area (Å²) in [6, 6.07) is 11.7. The summed E-state index contributed by atoms with van der Waals surface area (Å²) in [5.41, 5.74) is 1.19. The van der Waals surface area contributed by atoms with Gasteiger partial charge in [-0.25, -0.2) is 30.0 Å². The van der Waals surface area contributed by atoms with E-state index < -0.39 is 52.7 Å². The molecule has 10 nitrogen and oxygen atoms in total. The molecule has 36 heavy (non-hydrogen) atoms. The zero-order valence-corrected chi connectivity index (χ0v) is 21.7. The van der Waals surface area contributed by atoms with E-state index >= 15 is 0 Å². The number of alkyl halides is 3. The quantitative estimate of drug-likeness (QED) is 0.427. The second-order valence-electron chi connectivity index (χ2n) is 7.41. The molecule has 2 aromatic rings. The van der Waals surface area contributed by atoms with Gasteiger partial charge < -0.3 is 9.84 Å². The van der Waals surface area contributed by atoms with Crippen LogP contribution in [0.5, 0.6) is 0 Å². The lowest BCUT2D eigenvalue weighted by Gasteiger charge is -2.14. The number of carboxylic acid groups (broad SMARTS) is 1. The fourth-order valence-electron chi connectivity index (χ4n) is 2.64. The number of benzene rings is 2. The minimum atomic E-state index is -5.08. The van der Waals surface area contributed by atoms with Crippen LogP contribution in [0.2, 0.25) is 0 Å². The lowest BCUT2D eigenvalue weighted by atomic mass is 10.2. The molecule has 0 atom stereocenters. The van der Waals surface area contributed by atoms with Crippen molar-refractivity contribution in [3.05, 3.63) is 59.2 Å². The van der Waals surface area contributed by atoms with Gasteiger partial charge in [0.25, 0.3) is 10.0 Å². The summed E-state index contributed by atoms with van der Waals surface area (Å²) in [4.78, 5) is 8.33. The lowest BCUT2D eigenvalue weighted by Crippen LogP contribution is -2.34. The van der Waals surface area contributed by atoms with Crippen LogP contribution >= 0.6 is 0 Å². The summed E-state index contributed by atoms with van der Waals surface area (Å²) >= 11 is 0. The molecular formula is C20H24F3NO9S3. The molecule has 2 aromatic carbocycles. The van der Waals surface area contributed by atoms with E-state index in [1.807, 2.05) is 30.3 Å². The van der Waals surface area contributed by atoms with Gasteiger partial charge in [-0.1, -0.05) is 30.3 Å².